The van der Waals surface area contributed by atoms with Gasteiger partial charge in [0.05, 0.1) is 23.8 Å². The number of nitrogens with zero attached hydrogens (tertiary/aromatic N) is 4. The number of carbonyl (C=O) groups excluding carboxylic acids is 2. The van der Waals surface area contributed by atoms with Crippen molar-refractivity contribution in [3.05, 3.63) is 70.1 Å². The maximum atomic E-state index is 13.5. The number of aliphatic imine (C=N–C) groups is 1. The fourth-order valence-electron chi connectivity index (χ4n) is 7.09. The maximum Gasteiger partial charge on any atom is 0.436 e. The molecule has 2 rings (SSSR count). The van der Waals surface area contributed by atoms with Crippen LogP contribution in [-0.2, 0) is 10.9 Å². The van der Waals surface area contributed by atoms with Crippen molar-refractivity contribution < 1.29 is 31.9 Å². The molecule has 7 nitrogen and oxygen atoms in total. The van der Waals surface area contributed by atoms with Gasteiger partial charge in [-0.3, -0.25) is 14.8 Å². The summed E-state index contributed by atoms with van der Waals surface area (Å²) in [4.78, 5) is 35.6. The molecule has 0 N–H and O–H groups in total. The molecule has 64 heavy (non-hydrogen) atoms. The SMILES string of the molecule is C/C=C(\C=NC)c1c(C(=O)OCCC)cnc(C)c1/C=C\CCC.CCC(C)C(=O)c1ccnc(C(F)(F)F)c1F.CCCC(CCC)C(C)CC.CCCCC(CC)(CC)CC#N. The fraction of sp³-hybridized carbons (Fsp3) is 0.660. The molecule has 0 aromatic carbocycles. The maximum absolute atomic E-state index is 13.5. The molecule has 0 amide bonds. The van der Waals surface area contributed by atoms with E-state index in [-0.39, 0.29) is 5.97 Å². The van der Waals surface area contributed by atoms with E-state index in [2.05, 4.69) is 82.5 Å². The van der Waals surface area contributed by atoms with Gasteiger partial charge in [-0.15, -0.1) is 0 Å². The Morgan fingerprint density at radius 1 is 0.906 bits per heavy atom. The van der Waals surface area contributed by atoms with Crippen LogP contribution in [0.1, 0.15) is 223 Å². The van der Waals surface area contributed by atoms with E-state index in [9.17, 15) is 27.2 Å². The minimum atomic E-state index is -4.89. The number of pyridine rings is 2. The van der Waals surface area contributed by atoms with Gasteiger partial charge in [0.25, 0.3) is 0 Å². The molecule has 11 heteroatoms. The molecule has 2 unspecified atom stereocenters. The van der Waals surface area contributed by atoms with Gasteiger partial charge >= 0.3 is 12.1 Å². The molecule has 0 aliphatic rings. The third-order valence-corrected chi connectivity index (χ3v) is 11.8. The van der Waals surface area contributed by atoms with Crippen LogP contribution in [0, 0.1) is 47.2 Å². The summed E-state index contributed by atoms with van der Waals surface area (Å²) in [6.07, 6.45) is 22.4. The molecule has 2 aromatic rings. The summed E-state index contributed by atoms with van der Waals surface area (Å²) in [7, 11) is 1.72. The van der Waals surface area contributed by atoms with Crippen LogP contribution in [0.2, 0.25) is 0 Å². The zero-order chi connectivity index (χ0) is 49.3. The third kappa shape index (κ3) is 22.1. The highest BCUT2D eigenvalue weighted by molar-refractivity contribution is 6.14. The van der Waals surface area contributed by atoms with Crippen molar-refractivity contribution in [2.75, 3.05) is 13.7 Å². The predicted octanol–water partition coefficient (Wildman–Crippen LogP) is 16.5. The summed E-state index contributed by atoms with van der Waals surface area (Å²) in [5.74, 6) is -1.16. The quantitative estimate of drug-likeness (QED) is 0.0476. The molecule has 0 aliphatic heterocycles. The zero-order valence-electron chi connectivity index (χ0n) is 42.1. The number of hydrogen-bond acceptors (Lipinski definition) is 7. The van der Waals surface area contributed by atoms with E-state index in [1.165, 1.54) is 58.3 Å². The molecule has 0 spiro atoms. The Bertz CT molecular complexity index is 1740. The normalized spacial score (nSPS) is 12.7. The van der Waals surface area contributed by atoms with Crippen LogP contribution >= 0.6 is 0 Å². The van der Waals surface area contributed by atoms with Crippen LogP contribution < -0.4 is 0 Å². The first-order valence-corrected chi connectivity index (χ1v) is 23.9. The predicted molar refractivity (Wildman–Crippen MR) is 260 cm³/mol. The second-order valence-electron chi connectivity index (χ2n) is 16.6. The van der Waals surface area contributed by atoms with Crippen LogP contribution in [-0.4, -0.2) is 41.6 Å². The minimum absolute atomic E-state index is 0.324. The summed E-state index contributed by atoms with van der Waals surface area (Å²) < 4.78 is 55.9. The molecule has 0 bridgehead atoms. The Labute approximate surface area is 386 Å². The zero-order valence-corrected chi connectivity index (χ0v) is 42.1. The number of ketones is 1. The molecule has 2 heterocycles. The van der Waals surface area contributed by atoms with Crippen LogP contribution in [0.25, 0.3) is 11.6 Å². The first-order valence-electron chi connectivity index (χ1n) is 23.9. The van der Waals surface area contributed by atoms with E-state index >= 15 is 0 Å². The highest BCUT2D eigenvalue weighted by atomic mass is 19.4. The molecule has 0 radical (unpaired) electrons. The molecule has 0 aliphatic carbocycles. The van der Waals surface area contributed by atoms with Crippen molar-refractivity contribution in [3.63, 3.8) is 0 Å². The summed E-state index contributed by atoms with van der Waals surface area (Å²) in [5.41, 5.74) is 2.17. The standard InChI is InChI=1S/C20H28N2O2.C11H11F4NO.C11H21N.C11H24/c1-6-9-10-11-17-15(4)22-14-18(20(23)24-12-7-2)19(17)16(8-3)13-21-5;1-3-6(2)9(17)7-4-5-16-10(8(7)12)11(13,14)15;1-4-7-8-11(5-2,6-3)9-10-12;1-5-8-11(9-6-2)10(4)7-3/h8,10-11,13-14H,6-7,9,12H2,1-5H3;4-6H,3H2,1-2H3;4-9H2,1-3H3;10-11H,5-9H2,1-4H3/b11-10-,16-8+,21-13?;;;. The number of allylic oxidation sites excluding steroid dienone is 3. The number of Topliss-reactive ketones (excluding diaryl/α,β-unsaturated/α-hetero) is 1. The van der Waals surface area contributed by atoms with Crippen molar-refractivity contribution in [1.29, 1.82) is 5.26 Å². The molecule has 0 saturated carbocycles. The topological polar surface area (TPSA) is 105 Å². The van der Waals surface area contributed by atoms with Gasteiger partial charge in [0, 0.05) is 54.8 Å². The van der Waals surface area contributed by atoms with Crippen LogP contribution in [0.5, 0.6) is 0 Å². The Balaban J connectivity index is 0. The van der Waals surface area contributed by atoms with E-state index in [0.29, 0.717) is 24.0 Å². The molecule has 0 fully saturated rings. The fourth-order valence-corrected chi connectivity index (χ4v) is 7.09. The minimum Gasteiger partial charge on any atom is -0.462 e. The molecule has 2 atom stereocenters. The number of alkyl halides is 3. The Hall–Kier alpha value is -4.20. The van der Waals surface area contributed by atoms with E-state index in [4.69, 9.17) is 10.00 Å². The van der Waals surface area contributed by atoms with Gasteiger partial charge in [-0.05, 0) is 81.3 Å². The number of esters is 1. The van der Waals surface area contributed by atoms with Crippen LogP contribution in [0.4, 0.5) is 17.6 Å². The largest absolute Gasteiger partial charge is 0.462 e. The third-order valence-electron chi connectivity index (χ3n) is 11.8. The summed E-state index contributed by atoms with van der Waals surface area (Å²) in [6, 6.07) is 3.29. The van der Waals surface area contributed by atoms with Gasteiger partial charge in [0.1, 0.15) is 0 Å². The van der Waals surface area contributed by atoms with E-state index in [0.717, 1.165) is 85.0 Å². The Morgan fingerprint density at radius 3 is 1.98 bits per heavy atom. The number of rotatable bonds is 23. The van der Waals surface area contributed by atoms with Crippen LogP contribution in [0.3, 0.4) is 0 Å². The Morgan fingerprint density at radius 2 is 1.53 bits per heavy atom. The van der Waals surface area contributed by atoms with Crippen molar-refractivity contribution in [1.82, 2.24) is 9.97 Å². The number of nitriles is 1. The molecular formula is C53H84F4N4O3. The number of aryl methyl sites for hydroxylation is 1. The van der Waals surface area contributed by atoms with E-state index in [1.54, 1.807) is 26.4 Å². The average Bonchev–Trinajstić information content (AvgIpc) is 3.28. The van der Waals surface area contributed by atoms with Crippen molar-refractivity contribution in [2.24, 2.45) is 28.2 Å². The number of carbonyl (C=O) groups is 2. The van der Waals surface area contributed by atoms with E-state index < -0.39 is 35.0 Å². The monoisotopic (exact) mass is 901 g/mol. The van der Waals surface area contributed by atoms with Crippen molar-refractivity contribution in [3.8, 4) is 6.07 Å². The number of aromatic nitrogens is 2. The number of ether oxygens (including phenoxy) is 1. The van der Waals surface area contributed by atoms with Gasteiger partial charge in [0.2, 0.25) is 0 Å². The van der Waals surface area contributed by atoms with Crippen LogP contribution in [0.15, 0.2) is 35.6 Å². The lowest BCUT2D eigenvalue weighted by Crippen LogP contribution is -2.18. The highest BCUT2D eigenvalue weighted by Gasteiger charge is 2.38. The summed E-state index contributed by atoms with van der Waals surface area (Å²) in [6.45, 7) is 27.6. The highest BCUT2D eigenvalue weighted by Crippen LogP contribution is 2.36. The smallest absolute Gasteiger partial charge is 0.436 e. The van der Waals surface area contributed by atoms with Gasteiger partial charge in [0.15, 0.2) is 17.3 Å². The summed E-state index contributed by atoms with van der Waals surface area (Å²) >= 11 is 0. The average molecular weight is 901 g/mol. The second kappa shape index (κ2) is 35.1. The number of hydrogen-bond donors (Lipinski definition) is 0. The second-order valence-corrected chi connectivity index (χ2v) is 16.6. The van der Waals surface area contributed by atoms with Gasteiger partial charge in [-0.25, -0.2) is 14.2 Å². The van der Waals surface area contributed by atoms with Gasteiger partial charge in [-0.2, -0.15) is 18.4 Å². The lowest BCUT2D eigenvalue weighted by molar-refractivity contribution is -0.143. The van der Waals surface area contributed by atoms with Gasteiger partial charge < -0.3 is 4.74 Å². The van der Waals surface area contributed by atoms with Crippen molar-refractivity contribution in [2.45, 2.75) is 192 Å². The number of halogens is 4. The molecular weight excluding hydrogens is 817 g/mol. The number of unbranched alkanes of at least 4 members (excludes halogenated alkanes) is 2. The first kappa shape index (κ1) is 61.9. The first-order chi connectivity index (χ1) is 30.4. The summed E-state index contributed by atoms with van der Waals surface area (Å²) in [5, 5.41) is 8.71. The molecule has 0 saturated heterocycles. The van der Waals surface area contributed by atoms with Crippen molar-refractivity contribution >= 4 is 29.6 Å². The lowest BCUT2D eigenvalue weighted by atomic mass is 9.76. The lowest BCUT2D eigenvalue weighted by Gasteiger charge is -2.28. The molecule has 2 aromatic heterocycles. The van der Waals surface area contributed by atoms with Gasteiger partial charge in [-0.1, -0.05) is 146 Å². The molecule has 362 valence electrons. The Kier molecular flexibility index (Phi) is 34.0. The van der Waals surface area contributed by atoms with E-state index in [1.807, 2.05) is 32.9 Å².